The van der Waals surface area contributed by atoms with Crippen LogP contribution in [0.15, 0.2) is 4.52 Å². The van der Waals surface area contributed by atoms with Gasteiger partial charge in [0.1, 0.15) is 5.25 Å². The van der Waals surface area contributed by atoms with Crippen LogP contribution in [0.4, 0.5) is 0 Å². The van der Waals surface area contributed by atoms with Crippen LogP contribution in [0, 0.1) is 0 Å². The number of aromatic nitrogens is 2. The lowest BCUT2D eigenvalue weighted by atomic mass is 10.1. The molecule has 0 bridgehead atoms. The van der Waals surface area contributed by atoms with E-state index in [9.17, 15) is 13.2 Å². The lowest BCUT2D eigenvalue weighted by Crippen LogP contribution is -2.53. The third-order valence-electron chi connectivity index (χ3n) is 3.00. The number of hydrogen-bond acceptors (Lipinski definition) is 7. The maximum Gasteiger partial charge on any atom is 0.237 e. The zero-order valence-electron chi connectivity index (χ0n) is 10.7. The highest BCUT2D eigenvalue weighted by Gasteiger charge is 2.27. The Balaban J connectivity index is 2.07. The molecule has 2 N–H and O–H groups in total. The molecule has 0 radical (unpaired) electrons. The van der Waals surface area contributed by atoms with E-state index in [1.165, 1.54) is 6.92 Å². The highest BCUT2D eigenvalue weighted by molar-refractivity contribution is 7.90. The first-order valence-corrected chi connectivity index (χ1v) is 7.86. The molecule has 1 aliphatic heterocycles. The van der Waals surface area contributed by atoms with Crippen LogP contribution in [-0.2, 0) is 21.1 Å². The van der Waals surface area contributed by atoms with Crippen LogP contribution in [0.5, 0.6) is 0 Å². The molecule has 2 unspecified atom stereocenters. The molecular formula is C10H16N4O4S. The highest BCUT2D eigenvalue weighted by atomic mass is 32.2. The van der Waals surface area contributed by atoms with Crippen molar-refractivity contribution >= 4 is 15.7 Å². The Bertz CT molecular complexity index is 568. The summed E-state index contributed by atoms with van der Waals surface area (Å²) >= 11 is 0. The monoisotopic (exact) mass is 288 g/mol. The summed E-state index contributed by atoms with van der Waals surface area (Å²) in [6.07, 6.45) is 1.36. The number of hydrogen-bond donors (Lipinski definition) is 2. The maximum absolute atomic E-state index is 11.5. The van der Waals surface area contributed by atoms with E-state index in [0.29, 0.717) is 13.1 Å². The third kappa shape index (κ3) is 3.29. The van der Waals surface area contributed by atoms with Crippen LogP contribution in [0.2, 0.25) is 0 Å². The molecule has 2 atom stereocenters. The van der Waals surface area contributed by atoms with Crippen molar-refractivity contribution in [2.24, 2.45) is 0 Å². The van der Waals surface area contributed by atoms with Gasteiger partial charge in [0.25, 0.3) is 0 Å². The van der Waals surface area contributed by atoms with Gasteiger partial charge in [0.15, 0.2) is 15.7 Å². The molecule has 0 saturated carbocycles. The lowest BCUT2D eigenvalue weighted by molar-refractivity contribution is -0.124. The molecular weight excluding hydrogens is 272 g/mol. The maximum atomic E-state index is 11.5. The second kappa shape index (κ2) is 5.25. The van der Waals surface area contributed by atoms with Gasteiger partial charge in [-0.3, -0.25) is 4.79 Å². The topological polar surface area (TPSA) is 114 Å². The number of sulfone groups is 1. The summed E-state index contributed by atoms with van der Waals surface area (Å²) in [4.78, 5) is 15.6. The molecule has 1 amide bonds. The van der Waals surface area contributed by atoms with Crippen LogP contribution in [-0.4, -0.2) is 49.9 Å². The molecule has 1 aromatic heterocycles. The van der Waals surface area contributed by atoms with E-state index >= 15 is 0 Å². The number of nitrogens with one attached hydrogen (secondary N) is 2. The van der Waals surface area contributed by atoms with Crippen molar-refractivity contribution in [2.45, 2.75) is 24.6 Å². The molecule has 2 rings (SSSR count). The lowest BCUT2D eigenvalue weighted by Gasteiger charge is -2.21. The Labute approximate surface area is 110 Å². The molecule has 2 heterocycles. The predicted octanol–water partition coefficient (Wildman–Crippen LogP) is -1.19. The van der Waals surface area contributed by atoms with E-state index in [1.54, 1.807) is 0 Å². The molecule has 1 aliphatic rings. The van der Waals surface area contributed by atoms with E-state index < -0.39 is 21.1 Å². The Morgan fingerprint density at radius 3 is 2.84 bits per heavy atom. The summed E-state index contributed by atoms with van der Waals surface area (Å²) in [7, 11) is -3.27. The summed E-state index contributed by atoms with van der Waals surface area (Å²) in [5.74, 6) is 0.246. The zero-order valence-corrected chi connectivity index (χ0v) is 11.5. The normalized spacial score (nSPS) is 22.0. The van der Waals surface area contributed by atoms with Gasteiger partial charge in [-0.05, 0) is 6.92 Å². The van der Waals surface area contributed by atoms with Crippen molar-refractivity contribution in [3.8, 4) is 0 Å². The van der Waals surface area contributed by atoms with Crippen LogP contribution in [0.1, 0.15) is 23.9 Å². The quantitative estimate of drug-likeness (QED) is 0.715. The fourth-order valence-electron chi connectivity index (χ4n) is 1.70. The largest absolute Gasteiger partial charge is 0.353 e. The summed E-state index contributed by atoms with van der Waals surface area (Å²) in [6, 6.07) is -0.421. The van der Waals surface area contributed by atoms with Gasteiger partial charge in [0, 0.05) is 19.3 Å². The van der Waals surface area contributed by atoms with Gasteiger partial charge >= 0.3 is 0 Å². The SMILES string of the molecule is CC(c1noc(CC2NCCNC2=O)n1)S(C)(=O)=O. The van der Waals surface area contributed by atoms with Crippen LogP contribution < -0.4 is 10.6 Å². The van der Waals surface area contributed by atoms with E-state index in [4.69, 9.17) is 4.52 Å². The van der Waals surface area contributed by atoms with Crippen molar-refractivity contribution in [3.63, 3.8) is 0 Å². The Morgan fingerprint density at radius 2 is 2.21 bits per heavy atom. The number of piperazine rings is 1. The smallest absolute Gasteiger partial charge is 0.237 e. The van der Waals surface area contributed by atoms with Gasteiger partial charge in [-0.15, -0.1) is 0 Å². The molecule has 0 aromatic carbocycles. The van der Waals surface area contributed by atoms with Crippen LogP contribution in [0.3, 0.4) is 0 Å². The van der Waals surface area contributed by atoms with Crippen molar-refractivity contribution in [1.29, 1.82) is 0 Å². The minimum Gasteiger partial charge on any atom is -0.353 e. The second-order valence-corrected chi connectivity index (χ2v) is 6.89. The number of rotatable bonds is 4. The van der Waals surface area contributed by atoms with Crippen molar-refractivity contribution < 1.29 is 17.7 Å². The standard InChI is InChI=1S/C10H16N4O4S/c1-6(19(2,16)17)9-13-8(18-14-9)5-7-10(15)12-4-3-11-7/h6-7,11H,3-5H2,1-2H3,(H,12,15). The van der Waals surface area contributed by atoms with Gasteiger partial charge in [-0.1, -0.05) is 5.16 Å². The van der Waals surface area contributed by atoms with E-state index in [0.717, 1.165) is 6.26 Å². The van der Waals surface area contributed by atoms with Crippen LogP contribution in [0.25, 0.3) is 0 Å². The molecule has 1 aromatic rings. The highest BCUT2D eigenvalue weighted by Crippen LogP contribution is 2.18. The van der Waals surface area contributed by atoms with Gasteiger partial charge < -0.3 is 15.2 Å². The molecule has 0 spiro atoms. The fourth-order valence-corrected chi connectivity index (χ4v) is 2.17. The molecule has 0 aliphatic carbocycles. The number of carbonyl (C=O) groups excluding carboxylic acids is 1. The molecule has 106 valence electrons. The number of carbonyl (C=O) groups is 1. The second-order valence-electron chi connectivity index (χ2n) is 4.52. The zero-order chi connectivity index (χ0) is 14.0. The van der Waals surface area contributed by atoms with Crippen molar-refractivity contribution in [3.05, 3.63) is 11.7 Å². The first-order chi connectivity index (χ1) is 8.88. The summed E-state index contributed by atoms with van der Waals surface area (Å²) in [6.45, 7) is 2.77. The minimum absolute atomic E-state index is 0.119. The summed E-state index contributed by atoms with van der Waals surface area (Å²) < 4.78 is 27.8. The summed E-state index contributed by atoms with van der Waals surface area (Å²) in [5.41, 5.74) is 0. The summed E-state index contributed by atoms with van der Waals surface area (Å²) in [5, 5.41) is 8.57. The Kier molecular flexibility index (Phi) is 3.85. The van der Waals surface area contributed by atoms with Gasteiger partial charge in [0.2, 0.25) is 11.8 Å². The number of nitrogens with zero attached hydrogens (tertiary/aromatic N) is 2. The average Bonchev–Trinajstić information content (AvgIpc) is 2.78. The fraction of sp³-hybridized carbons (Fsp3) is 0.700. The Hall–Kier alpha value is -1.48. The predicted molar refractivity (Wildman–Crippen MR) is 66.1 cm³/mol. The van der Waals surface area contributed by atoms with E-state index in [1.807, 2.05) is 0 Å². The number of amides is 1. The van der Waals surface area contributed by atoms with E-state index in [-0.39, 0.29) is 24.0 Å². The van der Waals surface area contributed by atoms with Crippen LogP contribution >= 0.6 is 0 Å². The first kappa shape index (κ1) is 13.9. The average molecular weight is 288 g/mol. The minimum atomic E-state index is -3.27. The third-order valence-corrected chi connectivity index (χ3v) is 4.50. The van der Waals surface area contributed by atoms with Gasteiger partial charge in [-0.2, -0.15) is 4.98 Å². The molecule has 9 heteroatoms. The van der Waals surface area contributed by atoms with Gasteiger partial charge in [0.05, 0.1) is 12.5 Å². The first-order valence-electron chi connectivity index (χ1n) is 5.90. The molecule has 1 fully saturated rings. The molecule has 1 saturated heterocycles. The van der Waals surface area contributed by atoms with Gasteiger partial charge in [-0.25, -0.2) is 8.42 Å². The molecule has 19 heavy (non-hydrogen) atoms. The Morgan fingerprint density at radius 1 is 1.47 bits per heavy atom. The van der Waals surface area contributed by atoms with Crippen molar-refractivity contribution in [1.82, 2.24) is 20.8 Å². The van der Waals surface area contributed by atoms with Crippen molar-refractivity contribution in [2.75, 3.05) is 19.3 Å². The molecule has 8 nitrogen and oxygen atoms in total. The van der Waals surface area contributed by atoms with E-state index in [2.05, 4.69) is 20.8 Å².